The lowest BCUT2D eigenvalue weighted by molar-refractivity contribution is 0.629. The first-order chi connectivity index (χ1) is 11.2. The van der Waals surface area contributed by atoms with Gasteiger partial charge in [0.25, 0.3) is 0 Å². The lowest BCUT2D eigenvalue weighted by Gasteiger charge is -2.06. The van der Waals surface area contributed by atoms with Crippen LogP contribution in [0.5, 0.6) is 0 Å². The van der Waals surface area contributed by atoms with Crippen molar-refractivity contribution in [3.63, 3.8) is 0 Å². The highest BCUT2D eigenvalue weighted by atomic mass is 35.5. The number of aromatic nitrogens is 5. The zero-order chi connectivity index (χ0) is 15.8. The van der Waals surface area contributed by atoms with Gasteiger partial charge >= 0.3 is 0 Å². The van der Waals surface area contributed by atoms with Gasteiger partial charge in [0.05, 0.1) is 28.7 Å². The Morgan fingerprint density at radius 1 is 1.30 bits per heavy atom. The third kappa shape index (κ3) is 2.59. The fourth-order valence-corrected chi connectivity index (χ4v) is 2.74. The molecule has 0 aliphatic rings. The Morgan fingerprint density at radius 3 is 3.04 bits per heavy atom. The average molecular weight is 331 g/mol. The minimum atomic E-state index is -0.290. The molecule has 0 bridgehead atoms. The third-order valence-corrected chi connectivity index (χ3v) is 3.78. The molecule has 23 heavy (non-hydrogen) atoms. The Bertz CT molecular complexity index is 992. The standard InChI is InChI=1S/C15H12ClFN6/c16-9-6-21-23(7-9)4-3-18-14-13-11-2-1-10(17)5-12(11)22-15(13)20-8-19-14/h1-2,5-8H,3-4H2,(H2,18,19,20,22). The lowest BCUT2D eigenvalue weighted by Crippen LogP contribution is -2.11. The summed E-state index contributed by atoms with van der Waals surface area (Å²) in [5.74, 6) is 0.410. The lowest BCUT2D eigenvalue weighted by atomic mass is 10.2. The number of hydrogen-bond donors (Lipinski definition) is 2. The molecule has 4 rings (SSSR count). The van der Waals surface area contributed by atoms with E-state index < -0.39 is 0 Å². The summed E-state index contributed by atoms with van der Waals surface area (Å²) in [6.07, 6.45) is 4.83. The van der Waals surface area contributed by atoms with Gasteiger partial charge in [-0.3, -0.25) is 4.68 Å². The molecule has 3 aromatic heterocycles. The first kappa shape index (κ1) is 14.0. The molecular weight excluding hydrogens is 319 g/mol. The molecule has 3 heterocycles. The first-order valence-electron chi connectivity index (χ1n) is 7.04. The van der Waals surface area contributed by atoms with Crippen molar-refractivity contribution in [2.24, 2.45) is 0 Å². The number of H-pyrrole nitrogens is 1. The highest BCUT2D eigenvalue weighted by molar-refractivity contribution is 6.30. The molecule has 0 atom stereocenters. The van der Waals surface area contributed by atoms with Crippen molar-refractivity contribution < 1.29 is 4.39 Å². The van der Waals surface area contributed by atoms with Crippen LogP contribution in [0.4, 0.5) is 10.2 Å². The van der Waals surface area contributed by atoms with Crippen LogP contribution in [0.2, 0.25) is 5.02 Å². The molecule has 0 spiro atoms. The SMILES string of the molecule is Fc1ccc2c(c1)[nH]c1ncnc(NCCn3cc(Cl)cn3)c12. The molecular formula is C15H12ClFN6. The largest absolute Gasteiger partial charge is 0.368 e. The topological polar surface area (TPSA) is 71.4 Å². The predicted octanol–water partition coefficient (Wildman–Crippen LogP) is 3.21. The molecule has 0 saturated carbocycles. The Kier molecular flexibility index (Phi) is 3.34. The third-order valence-electron chi connectivity index (χ3n) is 3.59. The van der Waals surface area contributed by atoms with Gasteiger partial charge in [0.2, 0.25) is 0 Å². The van der Waals surface area contributed by atoms with Crippen LogP contribution < -0.4 is 5.32 Å². The normalized spacial score (nSPS) is 11.4. The van der Waals surface area contributed by atoms with E-state index in [1.165, 1.54) is 18.5 Å². The average Bonchev–Trinajstić information content (AvgIpc) is 3.10. The molecule has 0 unspecified atom stereocenters. The molecule has 0 fully saturated rings. The van der Waals surface area contributed by atoms with E-state index in [2.05, 4.69) is 25.4 Å². The molecule has 0 amide bonds. The summed E-state index contributed by atoms with van der Waals surface area (Å²) in [7, 11) is 0. The van der Waals surface area contributed by atoms with Crippen molar-refractivity contribution >= 4 is 39.4 Å². The van der Waals surface area contributed by atoms with Crippen molar-refractivity contribution in [3.8, 4) is 0 Å². The molecule has 4 aromatic rings. The summed E-state index contributed by atoms with van der Waals surface area (Å²) >= 11 is 5.84. The molecule has 0 saturated heterocycles. The maximum Gasteiger partial charge on any atom is 0.143 e. The molecule has 0 radical (unpaired) electrons. The highest BCUT2D eigenvalue weighted by Gasteiger charge is 2.11. The number of halogens is 2. The van der Waals surface area contributed by atoms with Gasteiger partial charge in [-0.2, -0.15) is 5.10 Å². The second-order valence-electron chi connectivity index (χ2n) is 5.11. The fourth-order valence-electron chi connectivity index (χ4n) is 2.58. The summed E-state index contributed by atoms with van der Waals surface area (Å²) in [4.78, 5) is 11.6. The van der Waals surface area contributed by atoms with Crippen LogP contribution in [-0.4, -0.2) is 31.3 Å². The molecule has 0 aliphatic carbocycles. The van der Waals surface area contributed by atoms with Crippen LogP contribution >= 0.6 is 11.6 Å². The Morgan fingerprint density at radius 2 is 2.22 bits per heavy atom. The van der Waals surface area contributed by atoms with Gasteiger partial charge in [-0.1, -0.05) is 11.6 Å². The summed E-state index contributed by atoms with van der Waals surface area (Å²) in [5, 5.41) is 9.73. The molecule has 0 aliphatic heterocycles. The monoisotopic (exact) mass is 330 g/mol. The summed E-state index contributed by atoms with van der Waals surface area (Å²) in [6.45, 7) is 1.27. The minimum Gasteiger partial charge on any atom is -0.368 e. The molecule has 1 aromatic carbocycles. The van der Waals surface area contributed by atoms with Crippen molar-refractivity contribution in [2.75, 3.05) is 11.9 Å². The van der Waals surface area contributed by atoms with E-state index in [1.54, 1.807) is 23.1 Å². The summed E-state index contributed by atoms with van der Waals surface area (Å²) in [5.41, 5.74) is 1.37. The van der Waals surface area contributed by atoms with Crippen LogP contribution in [0.25, 0.3) is 21.9 Å². The number of nitrogens with one attached hydrogen (secondary N) is 2. The van der Waals surface area contributed by atoms with E-state index in [0.717, 1.165) is 10.8 Å². The zero-order valence-corrected chi connectivity index (χ0v) is 12.7. The number of anilines is 1. The Balaban J connectivity index is 1.65. The smallest absolute Gasteiger partial charge is 0.143 e. The molecule has 116 valence electrons. The number of benzene rings is 1. The van der Waals surface area contributed by atoms with E-state index >= 15 is 0 Å². The quantitative estimate of drug-likeness (QED) is 0.602. The van der Waals surface area contributed by atoms with Gasteiger partial charge in [0.15, 0.2) is 0 Å². The maximum atomic E-state index is 13.4. The number of nitrogens with zero attached hydrogens (tertiary/aromatic N) is 4. The Hall–Kier alpha value is -2.67. The Labute approximate surface area is 135 Å². The second-order valence-corrected chi connectivity index (χ2v) is 5.55. The van der Waals surface area contributed by atoms with Crippen LogP contribution in [0.3, 0.4) is 0 Å². The van der Waals surface area contributed by atoms with E-state index in [-0.39, 0.29) is 5.82 Å². The van der Waals surface area contributed by atoms with Gasteiger partial charge in [-0.05, 0) is 18.2 Å². The summed E-state index contributed by atoms with van der Waals surface area (Å²) in [6, 6.07) is 4.61. The zero-order valence-electron chi connectivity index (χ0n) is 11.9. The van der Waals surface area contributed by atoms with Crippen LogP contribution in [0.15, 0.2) is 36.9 Å². The molecule has 8 heteroatoms. The van der Waals surface area contributed by atoms with Crippen molar-refractivity contribution in [3.05, 3.63) is 47.8 Å². The van der Waals surface area contributed by atoms with Crippen molar-refractivity contribution in [2.45, 2.75) is 6.54 Å². The number of aromatic amines is 1. The first-order valence-corrected chi connectivity index (χ1v) is 7.42. The van der Waals surface area contributed by atoms with E-state index in [0.29, 0.717) is 35.1 Å². The summed E-state index contributed by atoms with van der Waals surface area (Å²) < 4.78 is 15.1. The van der Waals surface area contributed by atoms with Crippen LogP contribution in [-0.2, 0) is 6.54 Å². The molecule has 6 nitrogen and oxygen atoms in total. The number of rotatable bonds is 4. The van der Waals surface area contributed by atoms with Crippen LogP contribution in [0, 0.1) is 5.82 Å². The highest BCUT2D eigenvalue weighted by Crippen LogP contribution is 2.29. The molecule has 2 N–H and O–H groups in total. The second kappa shape index (κ2) is 5.51. The van der Waals surface area contributed by atoms with Gasteiger partial charge < -0.3 is 10.3 Å². The maximum absolute atomic E-state index is 13.4. The number of fused-ring (bicyclic) bond motifs is 3. The fraction of sp³-hybridized carbons (Fsp3) is 0.133. The van der Waals surface area contributed by atoms with E-state index in [9.17, 15) is 4.39 Å². The van der Waals surface area contributed by atoms with Crippen molar-refractivity contribution in [1.82, 2.24) is 24.7 Å². The van der Waals surface area contributed by atoms with Crippen molar-refractivity contribution in [1.29, 1.82) is 0 Å². The van der Waals surface area contributed by atoms with E-state index in [4.69, 9.17) is 11.6 Å². The van der Waals surface area contributed by atoms with E-state index in [1.807, 2.05) is 0 Å². The minimum absolute atomic E-state index is 0.290. The predicted molar refractivity (Wildman–Crippen MR) is 87.1 cm³/mol. The van der Waals surface area contributed by atoms with Gasteiger partial charge in [0, 0.05) is 18.1 Å². The van der Waals surface area contributed by atoms with Gasteiger partial charge in [0.1, 0.15) is 23.6 Å². The van der Waals surface area contributed by atoms with Gasteiger partial charge in [-0.25, -0.2) is 14.4 Å². The number of hydrogen-bond acceptors (Lipinski definition) is 4. The van der Waals surface area contributed by atoms with Crippen LogP contribution in [0.1, 0.15) is 0 Å². The van der Waals surface area contributed by atoms with Gasteiger partial charge in [-0.15, -0.1) is 0 Å².